The van der Waals surface area contributed by atoms with E-state index in [0.29, 0.717) is 0 Å². The summed E-state index contributed by atoms with van der Waals surface area (Å²) < 4.78 is 0. The minimum absolute atomic E-state index is 0.752. The molecule has 2 nitrogen and oxygen atoms in total. The van der Waals surface area contributed by atoms with Gasteiger partial charge in [-0.1, -0.05) is 0 Å². The number of hydrogen-bond acceptors (Lipinski definition) is 2. The maximum Gasteiger partial charge on any atom is 0.0221 e. The molecule has 1 saturated carbocycles. The molecule has 0 bridgehead atoms. The van der Waals surface area contributed by atoms with Crippen molar-refractivity contribution < 1.29 is 0 Å². The molecule has 1 spiro atoms. The number of rotatable bonds is 1. The first-order valence-corrected chi connectivity index (χ1v) is 4.20. The van der Waals surface area contributed by atoms with Crippen LogP contribution >= 0.6 is 0 Å². The molecule has 0 radical (unpaired) electrons. The summed E-state index contributed by atoms with van der Waals surface area (Å²) in [5.41, 5.74) is 4.00. The van der Waals surface area contributed by atoms with Crippen LogP contribution in [0.1, 0.15) is 26.2 Å². The lowest BCUT2D eigenvalue weighted by molar-refractivity contribution is 0.196. The van der Waals surface area contributed by atoms with E-state index in [1.807, 2.05) is 7.05 Å². The molecule has 10 heavy (non-hydrogen) atoms. The Labute approximate surface area is 62.6 Å². The van der Waals surface area contributed by atoms with Gasteiger partial charge in [-0.05, 0) is 38.6 Å². The van der Waals surface area contributed by atoms with Crippen molar-refractivity contribution in [3.63, 3.8) is 0 Å². The highest BCUT2D eigenvalue weighted by atomic mass is 15.5. The summed E-state index contributed by atoms with van der Waals surface area (Å²) in [6.45, 7) is 3.59. The normalized spacial score (nSPS) is 37.2. The highest BCUT2D eigenvalue weighted by Crippen LogP contribution is 2.54. The van der Waals surface area contributed by atoms with Crippen LogP contribution in [0.15, 0.2) is 0 Å². The van der Waals surface area contributed by atoms with Crippen molar-refractivity contribution in [2.75, 3.05) is 13.6 Å². The van der Waals surface area contributed by atoms with Crippen molar-refractivity contribution in [2.24, 2.45) is 5.41 Å². The van der Waals surface area contributed by atoms with Gasteiger partial charge >= 0.3 is 0 Å². The Morgan fingerprint density at radius 2 is 2.20 bits per heavy atom. The molecular weight excluding hydrogens is 124 g/mol. The van der Waals surface area contributed by atoms with Gasteiger partial charge in [-0.15, -0.1) is 0 Å². The van der Waals surface area contributed by atoms with Gasteiger partial charge in [-0.3, -0.25) is 5.43 Å². The van der Waals surface area contributed by atoms with Crippen molar-refractivity contribution in [3.8, 4) is 0 Å². The third-order valence-corrected chi connectivity index (χ3v) is 3.01. The second-order valence-electron chi connectivity index (χ2n) is 3.90. The molecular formula is C8H16N2. The number of hydrazine groups is 1. The fraction of sp³-hybridized carbons (Fsp3) is 1.00. The predicted molar refractivity (Wildman–Crippen MR) is 41.5 cm³/mol. The molecule has 0 aromatic rings. The molecule has 0 unspecified atom stereocenters. The van der Waals surface area contributed by atoms with E-state index in [1.54, 1.807) is 0 Å². The number of hydrogen-bond donors (Lipinski definition) is 1. The summed E-state index contributed by atoms with van der Waals surface area (Å²) in [4.78, 5) is 0. The quantitative estimate of drug-likeness (QED) is 0.584. The van der Waals surface area contributed by atoms with Crippen LogP contribution in [-0.2, 0) is 0 Å². The molecule has 1 aliphatic carbocycles. The van der Waals surface area contributed by atoms with Crippen LogP contribution in [0, 0.1) is 5.41 Å². The molecule has 1 atom stereocenters. The zero-order valence-electron chi connectivity index (χ0n) is 6.85. The highest BCUT2D eigenvalue weighted by Gasteiger charge is 2.50. The molecule has 0 amide bonds. The van der Waals surface area contributed by atoms with Crippen LogP contribution in [0.2, 0.25) is 0 Å². The second-order valence-corrected chi connectivity index (χ2v) is 3.90. The Bertz CT molecular complexity index is 140. The first-order chi connectivity index (χ1) is 4.76. The molecule has 2 heteroatoms. The van der Waals surface area contributed by atoms with Crippen LogP contribution in [0.3, 0.4) is 0 Å². The number of nitrogens with one attached hydrogen (secondary N) is 1. The van der Waals surface area contributed by atoms with Crippen LogP contribution in [0.5, 0.6) is 0 Å². The van der Waals surface area contributed by atoms with Crippen LogP contribution < -0.4 is 5.43 Å². The van der Waals surface area contributed by atoms with E-state index in [-0.39, 0.29) is 0 Å². The van der Waals surface area contributed by atoms with Gasteiger partial charge in [0.15, 0.2) is 0 Å². The van der Waals surface area contributed by atoms with Gasteiger partial charge in [0, 0.05) is 12.6 Å². The van der Waals surface area contributed by atoms with Crippen molar-refractivity contribution >= 4 is 0 Å². The Balaban J connectivity index is 2.00. The maximum absolute atomic E-state index is 3.24. The summed E-state index contributed by atoms with van der Waals surface area (Å²) in [6, 6.07) is 0.757. The fourth-order valence-corrected chi connectivity index (χ4v) is 2.16. The molecule has 2 rings (SSSR count). The third-order valence-electron chi connectivity index (χ3n) is 3.01. The van der Waals surface area contributed by atoms with E-state index >= 15 is 0 Å². The first-order valence-electron chi connectivity index (χ1n) is 4.20. The molecule has 0 aromatic carbocycles. The maximum atomic E-state index is 3.24. The Hall–Kier alpha value is -0.0800. The summed E-state index contributed by atoms with van der Waals surface area (Å²) >= 11 is 0. The van der Waals surface area contributed by atoms with Gasteiger partial charge in [-0.25, -0.2) is 5.01 Å². The Kier molecular flexibility index (Phi) is 1.29. The lowest BCUT2D eigenvalue weighted by atomic mass is 10.0. The fourth-order valence-electron chi connectivity index (χ4n) is 2.16. The smallest absolute Gasteiger partial charge is 0.0221 e. The van der Waals surface area contributed by atoms with E-state index in [2.05, 4.69) is 17.4 Å². The van der Waals surface area contributed by atoms with Gasteiger partial charge in [0.25, 0.3) is 0 Å². The molecule has 58 valence electrons. The van der Waals surface area contributed by atoms with Gasteiger partial charge in [-0.2, -0.15) is 0 Å². The highest BCUT2D eigenvalue weighted by molar-refractivity contribution is 5.02. The van der Waals surface area contributed by atoms with Crippen molar-refractivity contribution in [2.45, 2.75) is 32.2 Å². The van der Waals surface area contributed by atoms with E-state index in [0.717, 1.165) is 11.5 Å². The van der Waals surface area contributed by atoms with E-state index in [1.165, 1.54) is 25.8 Å². The average Bonchev–Trinajstić information content (AvgIpc) is 2.55. The number of nitrogens with zero attached hydrogens (tertiary/aromatic N) is 1. The largest absolute Gasteiger partial charge is 0.258 e. The summed E-state index contributed by atoms with van der Waals surface area (Å²) in [7, 11) is 2.03. The predicted octanol–water partition coefficient (Wildman–Crippen LogP) is 0.995. The van der Waals surface area contributed by atoms with Gasteiger partial charge < -0.3 is 0 Å². The summed E-state index contributed by atoms with van der Waals surface area (Å²) in [5.74, 6) is 0. The molecule has 2 aliphatic rings. The van der Waals surface area contributed by atoms with Gasteiger partial charge in [0.2, 0.25) is 0 Å². The van der Waals surface area contributed by atoms with Crippen molar-refractivity contribution in [3.05, 3.63) is 0 Å². The van der Waals surface area contributed by atoms with Gasteiger partial charge in [0.05, 0.1) is 0 Å². The molecule has 0 aromatic heterocycles. The monoisotopic (exact) mass is 140 g/mol. The summed E-state index contributed by atoms with van der Waals surface area (Å²) in [5, 5.41) is 2.37. The average molecular weight is 140 g/mol. The third kappa shape index (κ3) is 0.867. The topological polar surface area (TPSA) is 15.3 Å². The van der Waals surface area contributed by atoms with E-state index in [4.69, 9.17) is 0 Å². The minimum Gasteiger partial charge on any atom is -0.258 e. The van der Waals surface area contributed by atoms with E-state index < -0.39 is 0 Å². The first kappa shape index (κ1) is 6.62. The van der Waals surface area contributed by atoms with Crippen LogP contribution in [0.4, 0.5) is 0 Å². The standard InChI is InChI=1S/C8H16N2/c1-7-5-8(3-4-8)6-10(7)9-2/h7,9H,3-6H2,1-2H3/t7-/m1/s1. The molecule has 1 N–H and O–H groups in total. The van der Waals surface area contributed by atoms with Crippen LogP contribution in [-0.4, -0.2) is 24.6 Å². The SMILES string of the molecule is CNN1CC2(CC2)C[C@H]1C. The molecule has 1 saturated heterocycles. The lowest BCUT2D eigenvalue weighted by Crippen LogP contribution is -2.37. The van der Waals surface area contributed by atoms with Crippen molar-refractivity contribution in [1.82, 2.24) is 10.4 Å². The van der Waals surface area contributed by atoms with Gasteiger partial charge in [0.1, 0.15) is 0 Å². The zero-order chi connectivity index (χ0) is 7.19. The molecule has 2 fully saturated rings. The minimum atomic E-state index is 0.752. The molecule has 1 heterocycles. The van der Waals surface area contributed by atoms with Crippen molar-refractivity contribution in [1.29, 1.82) is 0 Å². The molecule has 1 aliphatic heterocycles. The lowest BCUT2D eigenvalue weighted by Gasteiger charge is -2.18. The Morgan fingerprint density at radius 3 is 2.50 bits per heavy atom. The summed E-state index contributed by atoms with van der Waals surface area (Å²) in [6.07, 6.45) is 4.35. The van der Waals surface area contributed by atoms with Crippen LogP contribution in [0.25, 0.3) is 0 Å². The van der Waals surface area contributed by atoms with E-state index in [9.17, 15) is 0 Å². The Morgan fingerprint density at radius 1 is 1.50 bits per heavy atom. The second kappa shape index (κ2) is 1.95. The zero-order valence-corrected chi connectivity index (χ0v) is 6.85.